The maximum Gasteiger partial charge on any atom is 0.337 e. The summed E-state index contributed by atoms with van der Waals surface area (Å²) in [4.78, 5) is 26.9. The Morgan fingerprint density at radius 3 is 2.15 bits per heavy atom. The van der Waals surface area contributed by atoms with Gasteiger partial charge in [-0.3, -0.25) is 9.69 Å². The van der Waals surface area contributed by atoms with Crippen LogP contribution in [0.1, 0.15) is 52.0 Å². The maximum absolute atomic E-state index is 12.7. The van der Waals surface area contributed by atoms with Crippen LogP contribution in [0.4, 0.5) is 0 Å². The fraction of sp³-hybridized carbons (Fsp3) is 0.462. The third-order valence-electron chi connectivity index (χ3n) is 6.89. The summed E-state index contributed by atoms with van der Waals surface area (Å²) >= 11 is 0. The summed E-state index contributed by atoms with van der Waals surface area (Å²) in [6.45, 7) is 1.00. The van der Waals surface area contributed by atoms with E-state index in [1.165, 1.54) is 25.5 Å². The molecule has 2 aliphatic rings. The Hall–Kier alpha value is -3.06. The van der Waals surface area contributed by atoms with E-state index in [9.17, 15) is 9.59 Å². The second-order valence-electron chi connectivity index (χ2n) is 8.77. The molecular weight excluding hydrogens is 420 g/mol. The van der Waals surface area contributed by atoms with Gasteiger partial charge in [-0.1, -0.05) is 6.07 Å². The summed E-state index contributed by atoms with van der Waals surface area (Å²) in [5, 5.41) is 3.21. The largest absolute Gasteiger partial charge is 0.493 e. The average Bonchev–Trinajstić information content (AvgIpc) is 3.09. The van der Waals surface area contributed by atoms with Crippen LogP contribution >= 0.6 is 0 Å². The first-order chi connectivity index (χ1) is 16.0. The highest BCUT2D eigenvalue weighted by molar-refractivity contribution is 5.96. The zero-order valence-corrected chi connectivity index (χ0v) is 19.5. The van der Waals surface area contributed by atoms with E-state index in [0.717, 1.165) is 37.3 Å². The fourth-order valence-corrected chi connectivity index (χ4v) is 5.20. The van der Waals surface area contributed by atoms with Gasteiger partial charge in [-0.2, -0.15) is 0 Å². The number of ether oxygens (including phenoxy) is 3. The molecule has 0 aliphatic carbocycles. The zero-order chi connectivity index (χ0) is 23.4. The summed E-state index contributed by atoms with van der Waals surface area (Å²) < 4.78 is 15.5. The molecule has 4 rings (SSSR count). The van der Waals surface area contributed by atoms with Gasteiger partial charge in [0.05, 0.1) is 26.9 Å². The van der Waals surface area contributed by atoms with Crippen LogP contribution in [0.15, 0.2) is 42.5 Å². The van der Waals surface area contributed by atoms with Crippen molar-refractivity contribution in [1.82, 2.24) is 10.2 Å². The molecule has 2 bridgehead atoms. The van der Waals surface area contributed by atoms with Crippen molar-refractivity contribution in [3.63, 3.8) is 0 Å². The van der Waals surface area contributed by atoms with Gasteiger partial charge in [0.2, 0.25) is 0 Å². The summed E-state index contributed by atoms with van der Waals surface area (Å²) in [5.74, 6) is 1.02. The van der Waals surface area contributed by atoms with Gasteiger partial charge < -0.3 is 19.5 Å². The Morgan fingerprint density at radius 1 is 0.909 bits per heavy atom. The smallest absolute Gasteiger partial charge is 0.337 e. The summed E-state index contributed by atoms with van der Waals surface area (Å²) in [6.07, 6.45) is 5.24. The summed E-state index contributed by atoms with van der Waals surface area (Å²) in [6, 6.07) is 13.9. The van der Waals surface area contributed by atoms with Crippen LogP contribution in [-0.2, 0) is 11.2 Å². The number of piperidine rings is 1. The first-order valence-electron chi connectivity index (χ1n) is 11.5. The van der Waals surface area contributed by atoms with Gasteiger partial charge in [0, 0.05) is 30.2 Å². The molecule has 2 fully saturated rings. The number of esters is 1. The van der Waals surface area contributed by atoms with Gasteiger partial charge in [0.15, 0.2) is 11.5 Å². The van der Waals surface area contributed by atoms with E-state index >= 15 is 0 Å². The second-order valence-corrected chi connectivity index (χ2v) is 8.77. The van der Waals surface area contributed by atoms with E-state index in [0.29, 0.717) is 23.2 Å². The molecule has 2 heterocycles. The molecule has 0 radical (unpaired) electrons. The molecular formula is C26H32N2O5. The van der Waals surface area contributed by atoms with E-state index < -0.39 is 5.97 Å². The molecule has 1 N–H and O–H groups in total. The van der Waals surface area contributed by atoms with Crippen LogP contribution in [0.5, 0.6) is 11.5 Å². The monoisotopic (exact) mass is 452 g/mol. The van der Waals surface area contributed by atoms with E-state index in [-0.39, 0.29) is 11.9 Å². The Morgan fingerprint density at radius 2 is 1.55 bits per heavy atom. The predicted molar refractivity (Wildman–Crippen MR) is 125 cm³/mol. The molecule has 2 unspecified atom stereocenters. The fourth-order valence-electron chi connectivity index (χ4n) is 5.20. The third kappa shape index (κ3) is 5.14. The van der Waals surface area contributed by atoms with Crippen molar-refractivity contribution in [3.8, 4) is 11.5 Å². The van der Waals surface area contributed by atoms with Crippen LogP contribution in [0.25, 0.3) is 0 Å². The average molecular weight is 453 g/mol. The standard InChI is InChI=1S/C26H32N2O5/c1-31-23-11-4-17(14-24(23)32-2)12-13-28-21-9-10-22(28)16-20(15-21)27-25(29)18-5-7-19(8-6-18)26(30)33-3/h4-8,11,14,20-22H,9-10,12-13,15-16H2,1-3H3,(H,27,29). The minimum Gasteiger partial charge on any atom is -0.493 e. The van der Waals surface area contributed by atoms with Crippen molar-refractivity contribution in [3.05, 3.63) is 59.2 Å². The third-order valence-corrected chi connectivity index (χ3v) is 6.89. The van der Waals surface area contributed by atoms with Crippen molar-refractivity contribution in [2.75, 3.05) is 27.9 Å². The molecule has 0 spiro atoms. The lowest BCUT2D eigenvalue weighted by Gasteiger charge is -2.39. The highest BCUT2D eigenvalue weighted by Crippen LogP contribution is 2.36. The van der Waals surface area contributed by atoms with Crippen LogP contribution < -0.4 is 14.8 Å². The van der Waals surface area contributed by atoms with E-state index in [1.807, 2.05) is 6.07 Å². The Kier molecular flexibility index (Phi) is 7.18. The lowest BCUT2D eigenvalue weighted by atomic mass is 9.96. The van der Waals surface area contributed by atoms with Crippen molar-refractivity contribution < 1.29 is 23.8 Å². The minimum atomic E-state index is -0.404. The molecule has 0 saturated carbocycles. The minimum absolute atomic E-state index is 0.0883. The van der Waals surface area contributed by atoms with Gasteiger partial charge in [-0.05, 0) is 74.1 Å². The lowest BCUT2D eigenvalue weighted by Crippen LogP contribution is -2.50. The molecule has 2 aromatic rings. The Labute approximate surface area is 195 Å². The van der Waals surface area contributed by atoms with Gasteiger partial charge in [-0.15, -0.1) is 0 Å². The molecule has 2 atom stereocenters. The Bertz CT molecular complexity index is 977. The topological polar surface area (TPSA) is 77.1 Å². The first-order valence-corrected chi connectivity index (χ1v) is 11.5. The number of hydrogen-bond acceptors (Lipinski definition) is 6. The van der Waals surface area contributed by atoms with Crippen molar-refractivity contribution in [2.45, 2.75) is 50.2 Å². The van der Waals surface area contributed by atoms with Crippen molar-refractivity contribution in [2.24, 2.45) is 0 Å². The highest BCUT2D eigenvalue weighted by atomic mass is 16.5. The second kappa shape index (κ2) is 10.3. The zero-order valence-electron chi connectivity index (χ0n) is 19.5. The van der Waals surface area contributed by atoms with Crippen molar-refractivity contribution in [1.29, 1.82) is 0 Å². The number of nitrogens with zero attached hydrogens (tertiary/aromatic N) is 1. The number of methoxy groups -OCH3 is 3. The van der Waals surface area contributed by atoms with E-state index in [4.69, 9.17) is 14.2 Å². The number of carbonyl (C=O) groups excluding carboxylic acids is 2. The number of amides is 1. The van der Waals surface area contributed by atoms with Gasteiger partial charge in [0.1, 0.15) is 0 Å². The van der Waals surface area contributed by atoms with Crippen molar-refractivity contribution >= 4 is 11.9 Å². The molecule has 2 saturated heterocycles. The molecule has 7 nitrogen and oxygen atoms in total. The first kappa shape index (κ1) is 23.1. The van der Waals surface area contributed by atoms with Gasteiger partial charge in [-0.25, -0.2) is 4.79 Å². The van der Waals surface area contributed by atoms with Gasteiger partial charge in [0.25, 0.3) is 5.91 Å². The molecule has 2 aromatic carbocycles. The number of benzene rings is 2. The molecule has 0 aromatic heterocycles. The quantitative estimate of drug-likeness (QED) is 0.618. The molecule has 1 amide bonds. The maximum atomic E-state index is 12.7. The number of nitrogens with one attached hydrogen (secondary N) is 1. The molecule has 2 aliphatic heterocycles. The molecule has 7 heteroatoms. The summed E-state index contributed by atoms with van der Waals surface area (Å²) in [5.41, 5.74) is 2.23. The number of fused-ring (bicyclic) bond motifs is 2. The predicted octanol–water partition coefficient (Wildman–Crippen LogP) is 3.46. The number of hydrogen-bond donors (Lipinski definition) is 1. The Balaban J connectivity index is 1.32. The van der Waals surface area contributed by atoms with Gasteiger partial charge >= 0.3 is 5.97 Å². The summed E-state index contributed by atoms with van der Waals surface area (Å²) in [7, 11) is 4.65. The molecule has 176 valence electrons. The molecule has 33 heavy (non-hydrogen) atoms. The lowest BCUT2D eigenvalue weighted by molar-refractivity contribution is 0.0600. The van der Waals surface area contributed by atoms with Crippen LogP contribution in [0, 0.1) is 0 Å². The van der Waals surface area contributed by atoms with E-state index in [2.05, 4.69) is 22.3 Å². The normalized spacial score (nSPS) is 22.0. The SMILES string of the molecule is COC(=O)c1ccc(C(=O)NC2CC3CCC(C2)N3CCc2ccc(OC)c(OC)c2)cc1. The van der Waals surface area contributed by atoms with Crippen LogP contribution in [0.2, 0.25) is 0 Å². The number of rotatable bonds is 8. The number of carbonyl (C=O) groups is 2. The highest BCUT2D eigenvalue weighted by Gasteiger charge is 2.40. The van der Waals surface area contributed by atoms with Crippen LogP contribution in [-0.4, -0.2) is 62.8 Å². The van der Waals surface area contributed by atoms with Crippen LogP contribution in [0.3, 0.4) is 0 Å². The van der Waals surface area contributed by atoms with E-state index in [1.54, 1.807) is 38.5 Å².